The predicted molar refractivity (Wildman–Crippen MR) is 91.1 cm³/mol. The number of halogens is 2. The molecule has 0 aromatic heterocycles. The van der Waals surface area contributed by atoms with Gasteiger partial charge in [-0.2, -0.15) is 0 Å². The van der Waals surface area contributed by atoms with Gasteiger partial charge in [0.05, 0.1) is 12.3 Å². The zero-order valence-corrected chi connectivity index (χ0v) is 13.3. The highest BCUT2D eigenvalue weighted by atomic mass is 35.5. The number of para-hydroxylation sites is 2. The van der Waals surface area contributed by atoms with Crippen molar-refractivity contribution in [2.45, 2.75) is 6.92 Å². The Labute approximate surface area is 135 Å². The molecular formula is C16H18Cl2N2O. The maximum atomic E-state index is 5.96. The highest BCUT2D eigenvalue weighted by Gasteiger charge is 2.01. The number of benzene rings is 2. The first kappa shape index (κ1) is 15.8. The number of hydrogen-bond acceptors (Lipinski definition) is 3. The van der Waals surface area contributed by atoms with Gasteiger partial charge in [-0.05, 0) is 37.3 Å². The van der Waals surface area contributed by atoms with Crippen molar-refractivity contribution >= 4 is 34.6 Å². The van der Waals surface area contributed by atoms with Crippen LogP contribution in [-0.2, 0) is 0 Å². The molecule has 0 unspecified atom stereocenters. The number of rotatable bonds is 7. The molecule has 112 valence electrons. The normalized spacial score (nSPS) is 10.2. The fourth-order valence-corrected chi connectivity index (χ4v) is 2.48. The summed E-state index contributed by atoms with van der Waals surface area (Å²) in [6.45, 7) is 4.13. The molecule has 0 aliphatic carbocycles. The van der Waals surface area contributed by atoms with Crippen LogP contribution in [0, 0.1) is 0 Å². The Morgan fingerprint density at radius 3 is 2.33 bits per heavy atom. The SMILES string of the molecule is CCOc1ccccc1NCCNc1cc(Cl)cc(Cl)c1. The Kier molecular flexibility index (Phi) is 6.03. The van der Waals surface area contributed by atoms with Crippen molar-refractivity contribution in [3.05, 3.63) is 52.5 Å². The zero-order valence-electron chi connectivity index (χ0n) is 11.8. The van der Waals surface area contributed by atoms with Crippen LogP contribution in [0.2, 0.25) is 10.0 Å². The second kappa shape index (κ2) is 8.01. The van der Waals surface area contributed by atoms with E-state index in [1.165, 1.54) is 0 Å². The maximum absolute atomic E-state index is 5.96. The zero-order chi connectivity index (χ0) is 15.1. The molecule has 0 saturated carbocycles. The Bertz CT molecular complexity index is 570. The summed E-state index contributed by atoms with van der Waals surface area (Å²) in [4.78, 5) is 0. The van der Waals surface area contributed by atoms with Crippen molar-refractivity contribution in [1.82, 2.24) is 0 Å². The molecule has 0 atom stereocenters. The molecule has 0 saturated heterocycles. The molecule has 0 heterocycles. The van der Waals surface area contributed by atoms with Gasteiger partial charge in [0.2, 0.25) is 0 Å². The second-order valence-corrected chi connectivity index (χ2v) is 5.31. The lowest BCUT2D eigenvalue weighted by Gasteiger charge is -2.13. The Morgan fingerprint density at radius 1 is 0.952 bits per heavy atom. The third-order valence-corrected chi connectivity index (χ3v) is 3.26. The quantitative estimate of drug-likeness (QED) is 0.709. The molecule has 2 N–H and O–H groups in total. The summed E-state index contributed by atoms with van der Waals surface area (Å²) in [5.74, 6) is 0.866. The number of hydrogen-bond donors (Lipinski definition) is 2. The van der Waals surface area contributed by atoms with Gasteiger partial charge in [0, 0.05) is 28.8 Å². The van der Waals surface area contributed by atoms with Gasteiger partial charge >= 0.3 is 0 Å². The smallest absolute Gasteiger partial charge is 0.142 e. The van der Waals surface area contributed by atoms with Crippen LogP contribution < -0.4 is 15.4 Å². The van der Waals surface area contributed by atoms with Gasteiger partial charge in [0.15, 0.2) is 0 Å². The molecule has 0 aliphatic heterocycles. The van der Waals surface area contributed by atoms with Crippen molar-refractivity contribution in [1.29, 1.82) is 0 Å². The van der Waals surface area contributed by atoms with E-state index >= 15 is 0 Å². The molecule has 21 heavy (non-hydrogen) atoms. The lowest BCUT2D eigenvalue weighted by molar-refractivity contribution is 0.342. The largest absolute Gasteiger partial charge is 0.492 e. The van der Waals surface area contributed by atoms with E-state index in [4.69, 9.17) is 27.9 Å². The van der Waals surface area contributed by atoms with Crippen molar-refractivity contribution in [2.24, 2.45) is 0 Å². The number of ether oxygens (including phenoxy) is 1. The van der Waals surface area contributed by atoms with Crippen LogP contribution >= 0.6 is 23.2 Å². The van der Waals surface area contributed by atoms with E-state index in [1.54, 1.807) is 6.07 Å². The van der Waals surface area contributed by atoms with Crippen LogP contribution in [0.5, 0.6) is 5.75 Å². The third kappa shape index (κ3) is 5.03. The van der Waals surface area contributed by atoms with E-state index < -0.39 is 0 Å². The summed E-state index contributed by atoms with van der Waals surface area (Å²) in [6.07, 6.45) is 0. The molecule has 2 aromatic carbocycles. The lowest BCUT2D eigenvalue weighted by atomic mass is 10.3. The maximum Gasteiger partial charge on any atom is 0.142 e. The van der Waals surface area contributed by atoms with E-state index in [0.717, 1.165) is 30.2 Å². The lowest BCUT2D eigenvalue weighted by Crippen LogP contribution is -2.14. The Hall–Kier alpha value is -1.58. The van der Waals surface area contributed by atoms with Crippen molar-refractivity contribution in [3.8, 4) is 5.75 Å². The van der Waals surface area contributed by atoms with Crippen LogP contribution in [0.4, 0.5) is 11.4 Å². The van der Waals surface area contributed by atoms with Gasteiger partial charge in [-0.15, -0.1) is 0 Å². The van der Waals surface area contributed by atoms with Crippen LogP contribution in [0.25, 0.3) is 0 Å². The van der Waals surface area contributed by atoms with E-state index in [1.807, 2.05) is 43.3 Å². The molecular weight excluding hydrogens is 307 g/mol. The van der Waals surface area contributed by atoms with E-state index in [0.29, 0.717) is 16.7 Å². The molecule has 2 aromatic rings. The fourth-order valence-electron chi connectivity index (χ4n) is 1.95. The first-order valence-corrected chi connectivity index (χ1v) is 7.60. The average molecular weight is 325 g/mol. The summed E-state index contributed by atoms with van der Waals surface area (Å²) in [6, 6.07) is 13.3. The molecule has 2 rings (SSSR count). The van der Waals surface area contributed by atoms with Gasteiger partial charge in [0.1, 0.15) is 5.75 Å². The monoisotopic (exact) mass is 324 g/mol. The third-order valence-electron chi connectivity index (χ3n) is 2.82. The van der Waals surface area contributed by atoms with Crippen LogP contribution in [0.3, 0.4) is 0 Å². The van der Waals surface area contributed by atoms with Crippen LogP contribution in [0.1, 0.15) is 6.92 Å². The Balaban J connectivity index is 1.84. The summed E-state index contributed by atoms with van der Waals surface area (Å²) >= 11 is 11.9. The topological polar surface area (TPSA) is 33.3 Å². The standard InChI is InChI=1S/C16H18Cl2N2O/c1-2-21-16-6-4-3-5-15(16)20-8-7-19-14-10-12(17)9-13(18)11-14/h3-6,9-11,19-20H,2,7-8H2,1H3. The van der Waals surface area contributed by atoms with E-state index in [9.17, 15) is 0 Å². The van der Waals surface area contributed by atoms with Crippen LogP contribution in [0.15, 0.2) is 42.5 Å². The summed E-state index contributed by atoms with van der Waals surface area (Å²) in [7, 11) is 0. The van der Waals surface area contributed by atoms with E-state index in [2.05, 4.69) is 10.6 Å². The molecule has 3 nitrogen and oxygen atoms in total. The minimum Gasteiger partial charge on any atom is -0.492 e. The average Bonchev–Trinajstić information content (AvgIpc) is 2.44. The van der Waals surface area contributed by atoms with Crippen LogP contribution in [-0.4, -0.2) is 19.7 Å². The summed E-state index contributed by atoms with van der Waals surface area (Å²) in [5.41, 5.74) is 1.90. The van der Waals surface area contributed by atoms with E-state index in [-0.39, 0.29) is 0 Å². The Morgan fingerprint density at radius 2 is 1.62 bits per heavy atom. The van der Waals surface area contributed by atoms with Gasteiger partial charge in [0.25, 0.3) is 0 Å². The molecule has 0 spiro atoms. The predicted octanol–water partition coefficient (Wildman–Crippen LogP) is 4.92. The first-order valence-electron chi connectivity index (χ1n) is 6.84. The van der Waals surface area contributed by atoms with Gasteiger partial charge in [-0.3, -0.25) is 0 Å². The minimum atomic E-state index is 0.625. The van der Waals surface area contributed by atoms with Crippen molar-refractivity contribution < 1.29 is 4.74 Å². The van der Waals surface area contributed by atoms with Gasteiger partial charge in [-0.25, -0.2) is 0 Å². The molecule has 0 fully saturated rings. The summed E-state index contributed by atoms with van der Waals surface area (Å²) in [5, 5.41) is 7.87. The first-order chi connectivity index (χ1) is 10.2. The molecule has 0 amide bonds. The summed E-state index contributed by atoms with van der Waals surface area (Å²) < 4.78 is 5.57. The molecule has 0 radical (unpaired) electrons. The van der Waals surface area contributed by atoms with Gasteiger partial charge < -0.3 is 15.4 Å². The fraction of sp³-hybridized carbons (Fsp3) is 0.250. The molecule has 5 heteroatoms. The minimum absolute atomic E-state index is 0.625. The highest BCUT2D eigenvalue weighted by Crippen LogP contribution is 2.24. The van der Waals surface area contributed by atoms with Gasteiger partial charge in [-0.1, -0.05) is 35.3 Å². The van der Waals surface area contributed by atoms with Crippen molar-refractivity contribution in [3.63, 3.8) is 0 Å². The number of nitrogens with one attached hydrogen (secondary N) is 2. The highest BCUT2D eigenvalue weighted by molar-refractivity contribution is 6.35. The molecule has 0 bridgehead atoms. The number of anilines is 2. The molecule has 0 aliphatic rings. The second-order valence-electron chi connectivity index (χ2n) is 4.44. The van der Waals surface area contributed by atoms with Crippen molar-refractivity contribution in [2.75, 3.05) is 30.3 Å².